The van der Waals surface area contributed by atoms with E-state index in [9.17, 15) is 31.5 Å². The van der Waals surface area contributed by atoms with E-state index in [0.717, 1.165) is 13.3 Å². The van der Waals surface area contributed by atoms with E-state index in [4.69, 9.17) is 4.55 Å². The molecule has 4 fully saturated rings. The Morgan fingerprint density at radius 3 is 2.12 bits per heavy atom. The third-order valence-corrected chi connectivity index (χ3v) is 6.88. The summed E-state index contributed by atoms with van der Waals surface area (Å²) in [5, 5.41) is 5.29. The SMILES string of the molecule is CCC(F)(OC(=O)C12CC3CC(CC(O)(C3)C1)C2)C(F)(F)S(=O)(=O)O. The highest BCUT2D eigenvalue weighted by Crippen LogP contribution is 2.62. The van der Waals surface area contributed by atoms with E-state index in [1.54, 1.807) is 0 Å². The van der Waals surface area contributed by atoms with Crippen molar-refractivity contribution >= 4 is 16.1 Å². The van der Waals surface area contributed by atoms with Crippen molar-refractivity contribution in [2.75, 3.05) is 0 Å². The molecule has 0 aliphatic heterocycles. The summed E-state index contributed by atoms with van der Waals surface area (Å²) in [6.45, 7) is 0.888. The normalized spacial score (nSPS) is 39.9. The highest BCUT2D eigenvalue weighted by atomic mass is 32.2. The summed E-state index contributed by atoms with van der Waals surface area (Å²) in [6.07, 6.45) is 1.25. The molecule has 0 heterocycles. The van der Waals surface area contributed by atoms with E-state index >= 15 is 0 Å². The number of ether oxygens (including phenoxy) is 1. The molecule has 3 unspecified atom stereocenters. The van der Waals surface area contributed by atoms with Gasteiger partial charge in [0.05, 0.1) is 11.0 Å². The van der Waals surface area contributed by atoms with Gasteiger partial charge < -0.3 is 9.84 Å². The van der Waals surface area contributed by atoms with E-state index < -0.39 is 44.6 Å². The molecule has 0 aromatic carbocycles. The van der Waals surface area contributed by atoms with E-state index in [2.05, 4.69) is 4.74 Å². The van der Waals surface area contributed by atoms with Crippen LogP contribution in [0, 0.1) is 17.3 Å². The van der Waals surface area contributed by atoms with E-state index in [1.807, 2.05) is 0 Å². The first kappa shape index (κ1) is 18.9. The first-order valence-corrected chi connectivity index (χ1v) is 9.69. The number of hydrogen-bond donors (Lipinski definition) is 2. The second kappa shape index (κ2) is 5.32. The smallest absolute Gasteiger partial charge is 0.420 e. The van der Waals surface area contributed by atoms with Crippen molar-refractivity contribution in [3.8, 4) is 0 Å². The molecule has 0 amide bonds. The third kappa shape index (κ3) is 2.76. The van der Waals surface area contributed by atoms with Crippen molar-refractivity contribution in [3.05, 3.63) is 0 Å². The van der Waals surface area contributed by atoms with Gasteiger partial charge in [-0.05, 0) is 50.4 Å². The molecule has 4 saturated carbocycles. The number of esters is 1. The van der Waals surface area contributed by atoms with Crippen LogP contribution in [0.15, 0.2) is 0 Å². The van der Waals surface area contributed by atoms with Crippen LogP contribution in [-0.4, -0.2) is 40.8 Å². The Bertz CT molecular complexity index is 679. The lowest BCUT2D eigenvalue weighted by atomic mass is 9.48. The number of aliphatic hydroxyl groups is 1. The quantitative estimate of drug-likeness (QED) is 0.556. The fraction of sp³-hybridized carbons (Fsp3) is 0.933. The molecule has 0 aromatic rings. The van der Waals surface area contributed by atoms with Crippen molar-refractivity contribution in [2.24, 2.45) is 17.3 Å². The van der Waals surface area contributed by atoms with Crippen LogP contribution >= 0.6 is 0 Å². The van der Waals surface area contributed by atoms with E-state index in [1.165, 1.54) is 0 Å². The zero-order chi connectivity index (χ0) is 18.9. The maximum atomic E-state index is 14.6. The molecule has 3 atom stereocenters. The van der Waals surface area contributed by atoms with Gasteiger partial charge in [0.2, 0.25) is 0 Å². The zero-order valence-electron chi connectivity index (χ0n) is 13.7. The van der Waals surface area contributed by atoms with Crippen molar-refractivity contribution in [2.45, 2.75) is 68.6 Å². The summed E-state index contributed by atoms with van der Waals surface area (Å²) >= 11 is 0. The Labute approximate surface area is 143 Å². The van der Waals surface area contributed by atoms with Crippen LogP contribution in [0.25, 0.3) is 0 Å². The molecule has 0 aromatic heterocycles. The molecule has 144 valence electrons. The minimum atomic E-state index is -6.12. The average Bonchev–Trinajstić information content (AvgIpc) is 2.42. The summed E-state index contributed by atoms with van der Waals surface area (Å²) in [6, 6.07) is 0. The largest absolute Gasteiger partial charge is 0.438 e. The molecular weight excluding hydrogens is 365 g/mol. The van der Waals surface area contributed by atoms with Gasteiger partial charge in [-0.3, -0.25) is 9.35 Å². The maximum absolute atomic E-state index is 14.6. The van der Waals surface area contributed by atoms with E-state index in [0.29, 0.717) is 25.7 Å². The molecule has 4 rings (SSSR count). The lowest BCUT2D eigenvalue weighted by molar-refractivity contribution is -0.257. The van der Waals surface area contributed by atoms with Gasteiger partial charge in [-0.15, -0.1) is 0 Å². The van der Waals surface area contributed by atoms with Gasteiger partial charge in [0.25, 0.3) is 0 Å². The highest BCUT2D eigenvalue weighted by Gasteiger charge is 2.68. The standard InChI is InChI=1S/C15H21F3O6S/c1-2-14(16,15(17,18)25(21,22)23)24-11(19)12-4-9-3-10(5-12)7-13(20,6-9)8-12/h9-10,20H,2-8H2,1H3,(H,21,22,23). The van der Waals surface area contributed by atoms with Crippen LogP contribution in [0.4, 0.5) is 13.2 Å². The Kier molecular flexibility index (Phi) is 4.03. The highest BCUT2D eigenvalue weighted by molar-refractivity contribution is 7.87. The van der Waals surface area contributed by atoms with Gasteiger partial charge in [0.15, 0.2) is 0 Å². The average molecular weight is 386 g/mol. The molecule has 4 bridgehead atoms. The number of carbonyl (C=O) groups excluding carboxylic acids is 1. The Balaban J connectivity index is 1.89. The topological polar surface area (TPSA) is 101 Å². The lowest BCUT2D eigenvalue weighted by Gasteiger charge is -2.59. The molecular formula is C15H21F3O6S. The first-order valence-electron chi connectivity index (χ1n) is 8.25. The zero-order valence-corrected chi connectivity index (χ0v) is 14.5. The number of hydrogen-bond acceptors (Lipinski definition) is 5. The Morgan fingerprint density at radius 2 is 1.72 bits per heavy atom. The number of rotatable bonds is 5. The summed E-state index contributed by atoms with van der Waals surface area (Å²) < 4.78 is 77.1. The van der Waals surface area contributed by atoms with Crippen LogP contribution in [0.5, 0.6) is 0 Å². The molecule has 0 radical (unpaired) electrons. The minimum absolute atomic E-state index is 0.0108. The third-order valence-electron chi connectivity index (χ3n) is 5.93. The van der Waals surface area contributed by atoms with Crippen LogP contribution in [0.2, 0.25) is 0 Å². The number of alkyl halides is 3. The van der Waals surface area contributed by atoms with Crippen molar-refractivity contribution < 1.29 is 40.8 Å². The summed E-state index contributed by atoms with van der Waals surface area (Å²) in [5.74, 6) is -5.40. The van der Waals surface area contributed by atoms with Gasteiger partial charge >= 0.3 is 27.2 Å². The molecule has 6 nitrogen and oxygen atoms in total. The van der Waals surface area contributed by atoms with Crippen LogP contribution in [0.3, 0.4) is 0 Å². The number of carbonyl (C=O) groups is 1. The predicted octanol–water partition coefficient (Wildman–Crippen LogP) is 2.42. The number of halogens is 3. The van der Waals surface area contributed by atoms with Crippen molar-refractivity contribution in [1.82, 2.24) is 0 Å². The van der Waals surface area contributed by atoms with Crippen molar-refractivity contribution in [3.63, 3.8) is 0 Å². The first-order chi connectivity index (χ1) is 11.3. The summed E-state index contributed by atoms with van der Waals surface area (Å²) in [7, 11) is -6.12. The summed E-state index contributed by atoms with van der Waals surface area (Å²) in [4.78, 5) is 12.6. The second-order valence-corrected chi connectivity index (χ2v) is 9.39. The Hall–Kier alpha value is -0.870. The summed E-state index contributed by atoms with van der Waals surface area (Å²) in [5.41, 5.74) is -2.39. The fourth-order valence-electron chi connectivity index (χ4n) is 5.24. The predicted molar refractivity (Wildman–Crippen MR) is 78.8 cm³/mol. The minimum Gasteiger partial charge on any atom is -0.420 e. The molecule has 4 aliphatic carbocycles. The monoisotopic (exact) mass is 386 g/mol. The molecule has 2 N–H and O–H groups in total. The fourth-order valence-corrected chi connectivity index (χ4v) is 5.81. The lowest BCUT2D eigenvalue weighted by Crippen LogP contribution is -2.60. The van der Waals surface area contributed by atoms with Gasteiger partial charge in [0, 0.05) is 6.42 Å². The van der Waals surface area contributed by atoms with Gasteiger partial charge in [-0.1, -0.05) is 6.92 Å². The van der Waals surface area contributed by atoms with Gasteiger partial charge in [0.1, 0.15) is 0 Å². The van der Waals surface area contributed by atoms with Crippen LogP contribution in [-0.2, 0) is 19.6 Å². The second-order valence-electron chi connectivity index (χ2n) is 7.93. The van der Waals surface area contributed by atoms with E-state index in [-0.39, 0.29) is 18.3 Å². The molecule has 25 heavy (non-hydrogen) atoms. The maximum Gasteiger partial charge on any atom is 0.438 e. The Morgan fingerprint density at radius 1 is 1.20 bits per heavy atom. The van der Waals surface area contributed by atoms with Crippen LogP contribution in [0.1, 0.15) is 51.9 Å². The van der Waals surface area contributed by atoms with Crippen LogP contribution < -0.4 is 0 Å². The van der Waals surface area contributed by atoms with Gasteiger partial charge in [-0.2, -0.15) is 21.6 Å². The molecule has 0 saturated heterocycles. The molecule has 10 heteroatoms. The molecule has 4 aliphatic rings. The van der Waals surface area contributed by atoms with Gasteiger partial charge in [-0.25, -0.2) is 0 Å². The molecule has 0 spiro atoms. The van der Waals surface area contributed by atoms with Crippen molar-refractivity contribution in [1.29, 1.82) is 0 Å².